The number of nitrogens with zero attached hydrogens (tertiary/aromatic N) is 2. The number of carbonyl (C=O) groups is 1. The fourth-order valence-electron chi connectivity index (χ4n) is 5.66. The SMILES string of the molecule is COc1cc(NC(=O)OC(C)(C)C)c2c(CN(C)C)cn([Si](C(C)C)(C(C)C)C(C)C)c2c1. The number of hydrogen-bond donors (Lipinski definition) is 1. The molecule has 1 N–H and O–H groups in total. The molecule has 0 spiro atoms. The van der Waals surface area contributed by atoms with E-state index >= 15 is 0 Å². The maximum Gasteiger partial charge on any atom is 0.412 e. The van der Waals surface area contributed by atoms with E-state index in [1.807, 2.05) is 26.8 Å². The number of methoxy groups -OCH3 is 1. The highest BCUT2D eigenvalue weighted by molar-refractivity contribution is 6.82. The van der Waals surface area contributed by atoms with Crippen LogP contribution in [0.5, 0.6) is 5.75 Å². The lowest BCUT2D eigenvalue weighted by Crippen LogP contribution is -2.51. The quantitative estimate of drug-likeness (QED) is 0.414. The summed E-state index contributed by atoms with van der Waals surface area (Å²) >= 11 is 0. The van der Waals surface area contributed by atoms with Crippen LogP contribution in [0.15, 0.2) is 18.3 Å². The monoisotopic (exact) mass is 475 g/mol. The van der Waals surface area contributed by atoms with E-state index in [0.717, 1.165) is 28.9 Å². The fraction of sp³-hybridized carbons (Fsp3) is 0.654. The largest absolute Gasteiger partial charge is 0.497 e. The first-order valence-corrected chi connectivity index (χ1v) is 14.2. The van der Waals surface area contributed by atoms with Crippen molar-refractivity contribution in [1.29, 1.82) is 0 Å². The van der Waals surface area contributed by atoms with Gasteiger partial charge in [-0.25, -0.2) is 4.79 Å². The van der Waals surface area contributed by atoms with Crippen molar-refractivity contribution in [3.8, 4) is 5.75 Å². The number of carbonyl (C=O) groups excluding carboxylic acids is 1. The van der Waals surface area contributed by atoms with Gasteiger partial charge in [-0.2, -0.15) is 0 Å². The van der Waals surface area contributed by atoms with Crippen molar-refractivity contribution in [3.63, 3.8) is 0 Å². The van der Waals surface area contributed by atoms with E-state index in [0.29, 0.717) is 16.6 Å². The van der Waals surface area contributed by atoms with Gasteiger partial charge < -0.3 is 18.6 Å². The van der Waals surface area contributed by atoms with E-state index in [1.54, 1.807) is 7.11 Å². The number of nitrogens with one attached hydrogen (secondary N) is 1. The number of anilines is 1. The van der Waals surface area contributed by atoms with E-state index in [2.05, 4.69) is 82.4 Å². The molecular formula is C26H45N3O3Si. The second kappa shape index (κ2) is 10.1. The van der Waals surface area contributed by atoms with Crippen molar-refractivity contribution in [1.82, 2.24) is 9.13 Å². The standard InChI is InChI=1S/C26H45N3O3Si/c1-17(2)33(18(3)4,19(5)6)29-16-20(15-28(10)11)24-22(13-21(31-12)14-23(24)29)27-25(30)32-26(7,8)9/h13-14,16-19H,15H2,1-12H3,(H,27,30). The van der Waals surface area contributed by atoms with Crippen LogP contribution in [-0.2, 0) is 11.3 Å². The molecule has 0 unspecified atom stereocenters. The van der Waals surface area contributed by atoms with E-state index in [-0.39, 0.29) is 0 Å². The van der Waals surface area contributed by atoms with Gasteiger partial charge in [0.2, 0.25) is 0 Å². The normalized spacial score (nSPS) is 13.0. The van der Waals surface area contributed by atoms with Crippen LogP contribution in [0.2, 0.25) is 16.6 Å². The van der Waals surface area contributed by atoms with Crippen molar-refractivity contribution in [2.75, 3.05) is 26.5 Å². The van der Waals surface area contributed by atoms with E-state index in [4.69, 9.17) is 9.47 Å². The van der Waals surface area contributed by atoms with Crippen LogP contribution in [0.1, 0.15) is 67.9 Å². The number of rotatable bonds is 8. The minimum atomic E-state index is -2.04. The highest BCUT2D eigenvalue weighted by atomic mass is 28.3. The number of amides is 1. The molecule has 0 aliphatic carbocycles. The third-order valence-electron chi connectivity index (χ3n) is 6.51. The lowest BCUT2D eigenvalue weighted by atomic mass is 10.1. The minimum Gasteiger partial charge on any atom is -0.497 e. The third-order valence-corrected chi connectivity index (χ3v) is 13.3. The van der Waals surface area contributed by atoms with Crippen LogP contribution >= 0.6 is 0 Å². The van der Waals surface area contributed by atoms with Crippen LogP contribution < -0.4 is 10.1 Å². The Bertz CT molecular complexity index is 950. The summed E-state index contributed by atoms with van der Waals surface area (Å²) in [5.41, 5.74) is 4.09. The fourth-order valence-corrected chi connectivity index (χ4v) is 12.3. The molecule has 0 atom stereocenters. The van der Waals surface area contributed by atoms with Crippen LogP contribution in [0, 0.1) is 0 Å². The van der Waals surface area contributed by atoms with Crippen LogP contribution in [0.25, 0.3) is 10.9 Å². The molecule has 2 rings (SSSR count). The maximum absolute atomic E-state index is 12.8. The molecule has 1 heterocycles. The molecule has 1 aromatic heterocycles. The Morgan fingerprint density at radius 1 is 1.06 bits per heavy atom. The summed E-state index contributed by atoms with van der Waals surface area (Å²) in [4.78, 5) is 14.9. The molecule has 0 saturated carbocycles. The van der Waals surface area contributed by atoms with Crippen LogP contribution in [-0.4, -0.2) is 50.3 Å². The predicted octanol–water partition coefficient (Wildman–Crippen LogP) is 7.08. The van der Waals surface area contributed by atoms with E-state index in [1.165, 1.54) is 5.56 Å². The minimum absolute atomic E-state index is 0.458. The topological polar surface area (TPSA) is 55.7 Å². The van der Waals surface area contributed by atoms with Gasteiger partial charge in [0.15, 0.2) is 8.24 Å². The molecule has 1 amide bonds. The maximum atomic E-state index is 12.8. The summed E-state index contributed by atoms with van der Waals surface area (Å²) < 4.78 is 13.8. The lowest BCUT2D eigenvalue weighted by molar-refractivity contribution is 0.0636. The van der Waals surface area contributed by atoms with Crippen molar-refractivity contribution in [2.45, 2.75) is 91.1 Å². The summed E-state index contributed by atoms with van der Waals surface area (Å²) in [6.45, 7) is 20.6. The molecule has 0 saturated heterocycles. The number of hydrogen-bond acceptors (Lipinski definition) is 4. The Balaban J connectivity index is 2.90. The molecule has 33 heavy (non-hydrogen) atoms. The smallest absolute Gasteiger partial charge is 0.412 e. The first-order chi connectivity index (χ1) is 15.1. The van der Waals surface area contributed by atoms with Gasteiger partial charge in [0.05, 0.1) is 12.8 Å². The first kappa shape index (κ1) is 27.3. The average Bonchev–Trinajstić information content (AvgIpc) is 2.97. The zero-order chi connectivity index (χ0) is 25.3. The van der Waals surface area contributed by atoms with Crippen LogP contribution in [0.3, 0.4) is 0 Å². The Labute approximate surface area is 201 Å². The van der Waals surface area contributed by atoms with Gasteiger partial charge in [0.1, 0.15) is 11.4 Å². The molecule has 2 aromatic rings. The van der Waals surface area contributed by atoms with Gasteiger partial charge in [-0.15, -0.1) is 0 Å². The zero-order valence-corrected chi connectivity index (χ0v) is 23.8. The number of benzene rings is 1. The van der Waals surface area contributed by atoms with Gasteiger partial charge in [-0.1, -0.05) is 41.5 Å². The van der Waals surface area contributed by atoms with Gasteiger partial charge in [0.25, 0.3) is 0 Å². The number of aromatic nitrogens is 1. The summed E-state index contributed by atoms with van der Waals surface area (Å²) in [5.74, 6) is 0.725. The second-order valence-electron chi connectivity index (χ2n) is 11.3. The number of ether oxygens (including phenoxy) is 2. The molecule has 0 fully saturated rings. The first-order valence-electron chi connectivity index (χ1n) is 12.0. The molecule has 0 aliphatic heterocycles. The molecule has 186 valence electrons. The molecular weight excluding hydrogens is 430 g/mol. The van der Waals surface area contributed by atoms with Crippen LogP contribution in [0.4, 0.5) is 10.5 Å². The molecule has 0 radical (unpaired) electrons. The van der Waals surface area contributed by atoms with Crippen molar-refractivity contribution < 1.29 is 14.3 Å². The Morgan fingerprint density at radius 2 is 1.61 bits per heavy atom. The molecule has 6 nitrogen and oxygen atoms in total. The summed E-state index contributed by atoms with van der Waals surface area (Å²) in [6.07, 6.45) is 1.89. The van der Waals surface area contributed by atoms with Gasteiger partial charge in [-0.05, 0) is 57.1 Å². The van der Waals surface area contributed by atoms with Crippen molar-refractivity contribution in [2.24, 2.45) is 0 Å². The van der Waals surface area contributed by atoms with Gasteiger partial charge in [0, 0.05) is 35.8 Å². The number of fused-ring (bicyclic) bond motifs is 1. The molecule has 0 bridgehead atoms. The van der Waals surface area contributed by atoms with Gasteiger partial charge >= 0.3 is 6.09 Å². The second-order valence-corrected chi connectivity index (χ2v) is 17.0. The Kier molecular flexibility index (Phi) is 8.34. The van der Waals surface area contributed by atoms with Crippen molar-refractivity contribution in [3.05, 3.63) is 23.9 Å². The van der Waals surface area contributed by atoms with Crippen molar-refractivity contribution >= 4 is 30.9 Å². The Morgan fingerprint density at radius 3 is 2.03 bits per heavy atom. The molecule has 7 heteroatoms. The highest BCUT2D eigenvalue weighted by Crippen LogP contribution is 2.46. The summed E-state index contributed by atoms with van der Waals surface area (Å²) in [6, 6.07) is 4.03. The summed E-state index contributed by atoms with van der Waals surface area (Å²) in [7, 11) is 3.78. The lowest BCUT2D eigenvalue weighted by Gasteiger charge is -2.44. The van der Waals surface area contributed by atoms with Gasteiger partial charge in [-0.3, -0.25) is 5.32 Å². The van der Waals surface area contributed by atoms with E-state index in [9.17, 15) is 4.79 Å². The average molecular weight is 476 g/mol. The predicted molar refractivity (Wildman–Crippen MR) is 142 cm³/mol. The Hall–Kier alpha value is -1.99. The summed E-state index contributed by atoms with van der Waals surface area (Å²) in [5, 5.41) is 4.09. The zero-order valence-electron chi connectivity index (χ0n) is 22.8. The third kappa shape index (κ3) is 5.57. The highest BCUT2D eigenvalue weighted by Gasteiger charge is 2.46. The molecule has 1 aromatic carbocycles. The van der Waals surface area contributed by atoms with E-state index < -0.39 is 19.9 Å². The molecule has 0 aliphatic rings.